The first-order valence-corrected chi connectivity index (χ1v) is 8.27. The molecule has 2 rings (SSSR count). The number of hydrogen-bond acceptors (Lipinski definition) is 4. The molecular formula is C15H22N2O3S. The molecule has 0 radical (unpaired) electrons. The van der Waals surface area contributed by atoms with Crippen molar-refractivity contribution in [3.05, 3.63) is 16.1 Å². The highest BCUT2D eigenvalue weighted by Crippen LogP contribution is 2.38. The molecule has 116 valence electrons. The fourth-order valence-corrected chi connectivity index (χ4v) is 3.65. The van der Waals surface area contributed by atoms with Gasteiger partial charge in [0.05, 0.1) is 23.5 Å². The number of hydrogen-bond donors (Lipinski definition) is 2. The molecule has 1 aliphatic rings. The first-order chi connectivity index (χ1) is 9.99. The maximum Gasteiger partial charge on any atom is 0.303 e. The van der Waals surface area contributed by atoms with E-state index < -0.39 is 5.97 Å². The van der Waals surface area contributed by atoms with Crippen molar-refractivity contribution in [3.8, 4) is 0 Å². The Hall–Kier alpha value is -1.43. The van der Waals surface area contributed by atoms with Crippen LogP contribution in [0.25, 0.3) is 0 Å². The van der Waals surface area contributed by atoms with Gasteiger partial charge in [0, 0.05) is 11.9 Å². The van der Waals surface area contributed by atoms with Crippen LogP contribution in [-0.2, 0) is 16.0 Å². The van der Waals surface area contributed by atoms with Crippen LogP contribution in [0.15, 0.2) is 5.38 Å². The maximum atomic E-state index is 12.0. The second kappa shape index (κ2) is 7.02. The predicted octanol–water partition coefficient (Wildman–Crippen LogP) is 2.54. The highest BCUT2D eigenvalue weighted by Gasteiger charge is 2.34. The van der Waals surface area contributed by atoms with Gasteiger partial charge in [0.25, 0.3) is 0 Å². The number of aliphatic carboxylic acids is 1. The third-order valence-corrected chi connectivity index (χ3v) is 4.93. The van der Waals surface area contributed by atoms with Gasteiger partial charge in [-0.25, -0.2) is 4.98 Å². The Morgan fingerprint density at radius 3 is 2.67 bits per heavy atom. The molecule has 5 nitrogen and oxygen atoms in total. The highest BCUT2D eigenvalue weighted by atomic mass is 32.1. The molecule has 2 N–H and O–H groups in total. The summed E-state index contributed by atoms with van der Waals surface area (Å²) in [4.78, 5) is 27.4. The van der Waals surface area contributed by atoms with Gasteiger partial charge in [-0.15, -0.1) is 11.3 Å². The summed E-state index contributed by atoms with van der Waals surface area (Å²) < 4.78 is 0. The van der Waals surface area contributed by atoms with Crippen LogP contribution in [0.3, 0.4) is 0 Å². The molecule has 1 amide bonds. The molecule has 0 unspecified atom stereocenters. The minimum atomic E-state index is -0.777. The zero-order valence-electron chi connectivity index (χ0n) is 12.4. The van der Waals surface area contributed by atoms with Crippen LogP contribution in [0.5, 0.6) is 0 Å². The lowest BCUT2D eigenvalue weighted by Gasteiger charge is -2.36. The molecule has 21 heavy (non-hydrogen) atoms. The van der Waals surface area contributed by atoms with Crippen molar-refractivity contribution in [2.75, 3.05) is 6.54 Å². The number of aryl methyl sites for hydroxylation is 1. The van der Waals surface area contributed by atoms with Gasteiger partial charge in [0.1, 0.15) is 0 Å². The number of rotatable bonds is 6. The molecule has 1 aliphatic carbocycles. The van der Waals surface area contributed by atoms with E-state index in [-0.39, 0.29) is 24.2 Å². The summed E-state index contributed by atoms with van der Waals surface area (Å²) in [6.07, 6.45) is 5.44. The van der Waals surface area contributed by atoms with E-state index in [1.54, 1.807) is 0 Å². The average molecular weight is 310 g/mol. The van der Waals surface area contributed by atoms with Crippen molar-refractivity contribution < 1.29 is 14.7 Å². The van der Waals surface area contributed by atoms with Gasteiger partial charge in [-0.3, -0.25) is 9.59 Å². The fraction of sp³-hybridized carbons (Fsp3) is 0.667. The first-order valence-electron chi connectivity index (χ1n) is 7.39. The number of amides is 1. The van der Waals surface area contributed by atoms with Crippen molar-refractivity contribution in [2.24, 2.45) is 5.41 Å². The van der Waals surface area contributed by atoms with Gasteiger partial charge >= 0.3 is 5.97 Å². The Balaban J connectivity index is 1.88. The van der Waals surface area contributed by atoms with Gasteiger partial charge in [-0.1, -0.05) is 19.3 Å². The number of aromatic nitrogens is 1. The van der Waals surface area contributed by atoms with E-state index in [0.29, 0.717) is 6.54 Å². The van der Waals surface area contributed by atoms with E-state index in [9.17, 15) is 9.59 Å². The summed E-state index contributed by atoms with van der Waals surface area (Å²) in [5.41, 5.74) is 0.517. The summed E-state index contributed by atoms with van der Waals surface area (Å²) in [5, 5.41) is 14.9. The minimum Gasteiger partial charge on any atom is -0.481 e. The van der Waals surface area contributed by atoms with Crippen LogP contribution in [0, 0.1) is 12.3 Å². The van der Waals surface area contributed by atoms with Crippen LogP contribution in [-0.4, -0.2) is 28.5 Å². The third kappa shape index (κ3) is 4.81. The van der Waals surface area contributed by atoms with E-state index in [0.717, 1.165) is 42.8 Å². The Bertz CT molecular complexity index is 507. The maximum absolute atomic E-state index is 12.0. The van der Waals surface area contributed by atoms with E-state index >= 15 is 0 Å². The topological polar surface area (TPSA) is 79.3 Å². The molecule has 0 saturated heterocycles. The lowest BCUT2D eigenvalue weighted by Crippen LogP contribution is -2.41. The summed E-state index contributed by atoms with van der Waals surface area (Å²) in [5.74, 6) is -0.850. The number of nitrogens with one attached hydrogen (secondary N) is 1. The van der Waals surface area contributed by atoms with Crippen LogP contribution in [0.2, 0.25) is 0 Å². The monoisotopic (exact) mass is 310 g/mol. The SMILES string of the molecule is Cc1nc(CC(=O)NCC2(CC(=O)O)CCCCC2)cs1. The highest BCUT2D eigenvalue weighted by molar-refractivity contribution is 7.09. The van der Waals surface area contributed by atoms with Crippen molar-refractivity contribution >= 4 is 23.2 Å². The van der Waals surface area contributed by atoms with Crippen LogP contribution in [0.4, 0.5) is 0 Å². The number of nitrogens with zero attached hydrogens (tertiary/aromatic N) is 1. The zero-order chi connectivity index (χ0) is 15.3. The quantitative estimate of drug-likeness (QED) is 0.846. The Morgan fingerprint density at radius 2 is 2.10 bits per heavy atom. The fourth-order valence-electron chi connectivity index (χ4n) is 3.04. The van der Waals surface area contributed by atoms with E-state index in [1.165, 1.54) is 11.3 Å². The summed E-state index contributed by atoms with van der Waals surface area (Å²) in [6.45, 7) is 2.37. The number of carboxylic acid groups (broad SMARTS) is 1. The molecular weight excluding hydrogens is 288 g/mol. The van der Waals surface area contributed by atoms with Gasteiger partial charge < -0.3 is 10.4 Å². The zero-order valence-corrected chi connectivity index (χ0v) is 13.2. The molecule has 1 saturated carbocycles. The van der Waals surface area contributed by atoms with Crippen molar-refractivity contribution in [3.63, 3.8) is 0 Å². The van der Waals surface area contributed by atoms with Gasteiger partial charge in [0.2, 0.25) is 5.91 Å². The molecule has 0 atom stereocenters. The number of carbonyl (C=O) groups excluding carboxylic acids is 1. The molecule has 1 heterocycles. The van der Waals surface area contributed by atoms with Crippen LogP contribution in [0.1, 0.15) is 49.2 Å². The molecule has 1 aromatic heterocycles. The molecule has 1 fully saturated rings. The summed E-state index contributed by atoms with van der Waals surface area (Å²) in [7, 11) is 0. The summed E-state index contributed by atoms with van der Waals surface area (Å²) in [6, 6.07) is 0. The smallest absolute Gasteiger partial charge is 0.303 e. The molecule has 1 aromatic rings. The number of thiazole rings is 1. The largest absolute Gasteiger partial charge is 0.481 e. The van der Waals surface area contributed by atoms with Crippen molar-refractivity contribution in [1.82, 2.24) is 10.3 Å². The van der Waals surface area contributed by atoms with Crippen LogP contribution < -0.4 is 5.32 Å². The minimum absolute atomic E-state index is 0.0735. The molecule has 0 aliphatic heterocycles. The van der Waals surface area contributed by atoms with Gasteiger partial charge in [0.15, 0.2) is 0 Å². The number of carbonyl (C=O) groups is 2. The van der Waals surface area contributed by atoms with Crippen LogP contribution >= 0.6 is 11.3 Å². The Labute approximate surface area is 128 Å². The van der Waals surface area contributed by atoms with E-state index in [2.05, 4.69) is 10.3 Å². The molecule has 0 bridgehead atoms. The predicted molar refractivity (Wildman–Crippen MR) is 81.3 cm³/mol. The normalized spacial score (nSPS) is 17.4. The Kier molecular flexibility index (Phi) is 5.33. The van der Waals surface area contributed by atoms with Crippen molar-refractivity contribution in [2.45, 2.75) is 51.9 Å². The lowest BCUT2D eigenvalue weighted by molar-refractivity contribution is -0.140. The second-order valence-electron chi connectivity index (χ2n) is 5.94. The molecule has 0 spiro atoms. The summed E-state index contributed by atoms with van der Waals surface area (Å²) >= 11 is 1.53. The van der Waals surface area contributed by atoms with Gasteiger partial charge in [-0.05, 0) is 25.2 Å². The van der Waals surface area contributed by atoms with Crippen molar-refractivity contribution in [1.29, 1.82) is 0 Å². The first kappa shape index (κ1) is 15.9. The number of carboxylic acids is 1. The lowest BCUT2D eigenvalue weighted by atomic mass is 9.71. The van der Waals surface area contributed by atoms with Gasteiger partial charge in [-0.2, -0.15) is 0 Å². The second-order valence-corrected chi connectivity index (χ2v) is 7.00. The molecule has 0 aromatic carbocycles. The molecule has 6 heteroatoms. The Morgan fingerprint density at radius 1 is 1.38 bits per heavy atom. The van der Waals surface area contributed by atoms with E-state index in [1.807, 2.05) is 12.3 Å². The third-order valence-electron chi connectivity index (χ3n) is 4.11. The van der Waals surface area contributed by atoms with E-state index in [4.69, 9.17) is 5.11 Å². The standard InChI is InChI=1S/C15H22N2O3S/c1-11-17-12(9-21-11)7-13(18)16-10-15(8-14(19)20)5-3-2-4-6-15/h9H,2-8,10H2,1H3,(H,16,18)(H,19,20). The average Bonchev–Trinajstić information content (AvgIpc) is 2.82.